The average Bonchev–Trinajstić information content (AvgIpc) is 2.42. The Morgan fingerprint density at radius 1 is 1.35 bits per heavy atom. The zero-order chi connectivity index (χ0) is 14.5. The maximum absolute atomic E-state index is 13.4. The van der Waals surface area contributed by atoms with Crippen LogP contribution < -0.4 is 5.32 Å². The molecule has 1 aromatic rings. The first-order valence-electron chi connectivity index (χ1n) is 7.44. The molecule has 0 amide bonds. The molecule has 20 heavy (non-hydrogen) atoms. The number of halogens is 2. The van der Waals surface area contributed by atoms with Crippen molar-refractivity contribution in [1.82, 2.24) is 10.2 Å². The number of nitrogens with one attached hydrogen (secondary N) is 1. The minimum Gasteiger partial charge on any atom is -0.314 e. The van der Waals surface area contributed by atoms with E-state index in [0.29, 0.717) is 6.04 Å². The second-order valence-corrected chi connectivity index (χ2v) is 6.44. The molecule has 0 saturated carbocycles. The smallest absolute Gasteiger partial charge is 0.142 e. The van der Waals surface area contributed by atoms with Crippen LogP contribution in [-0.4, -0.2) is 30.6 Å². The van der Waals surface area contributed by atoms with Crippen LogP contribution in [0.15, 0.2) is 18.2 Å². The molecule has 0 bridgehead atoms. The molecule has 0 spiro atoms. The van der Waals surface area contributed by atoms with E-state index in [1.807, 2.05) is 6.07 Å². The highest BCUT2D eigenvalue weighted by atomic mass is 35.5. The van der Waals surface area contributed by atoms with E-state index in [9.17, 15) is 4.39 Å². The van der Waals surface area contributed by atoms with Crippen LogP contribution in [0.4, 0.5) is 4.39 Å². The highest BCUT2D eigenvalue weighted by Gasteiger charge is 2.19. The van der Waals surface area contributed by atoms with Crippen molar-refractivity contribution < 1.29 is 4.39 Å². The first kappa shape index (κ1) is 15.7. The van der Waals surface area contributed by atoms with Crippen LogP contribution in [0.3, 0.4) is 0 Å². The van der Waals surface area contributed by atoms with Gasteiger partial charge in [-0.05, 0) is 56.1 Å². The molecule has 1 aliphatic rings. The summed E-state index contributed by atoms with van der Waals surface area (Å²) >= 11 is 5.71. The number of nitrogens with zero attached hydrogens (tertiary/aromatic N) is 1. The van der Waals surface area contributed by atoms with Crippen LogP contribution >= 0.6 is 11.6 Å². The number of hydrogen-bond acceptors (Lipinski definition) is 2. The average molecular weight is 299 g/mol. The van der Waals surface area contributed by atoms with Gasteiger partial charge in [0.05, 0.1) is 5.02 Å². The molecular weight excluding hydrogens is 275 g/mol. The molecule has 2 nitrogen and oxygen atoms in total. The van der Waals surface area contributed by atoms with Gasteiger partial charge in [-0.2, -0.15) is 0 Å². The Hall–Kier alpha value is -0.640. The highest BCUT2D eigenvalue weighted by Crippen LogP contribution is 2.21. The lowest BCUT2D eigenvalue weighted by atomic mass is 9.96. The molecule has 1 aromatic carbocycles. The minimum absolute atomic E-state index is 0.201. The fourth-order valence-corrected chi connectivity index (χ4v) is 2.76. The summed E-state index contributed by atoms with van der Waals surface area (Å²) < 4.78 is 13.4. The predicted octanol–water partition coefficient (Wildman–Crippen LogP) is 3.69. The van der Waals surface area contributed by atoms with E-state index in [1.165, 1.54) is 12.8 Å². The maximum Gasteiger partial charge on any atom is 0.142 e. The summed E-state index contributed by atoms with van der Waals surface area (Å²) in [5.41, 5.74) is 1.01. The first-order chi connectivity index (χ1) is 9.54. The van der Waals surface area contributed by atoms with Crippen molar-refractivity contribution in [2.45, 2.75) is 39.3 Å². The van der Waals surface area contributed by atoms with Gasteiger partial charge in [-0.1, -0.05) is 31.5 Å². The van der Waals surface area contributed by atoms with Gasteiger partial charge in [0.1, 0.15) is 5.82 Å². The third-order valence-corrected chi connectivity index (χ3v) is 4.22. The second-order valence-electron chi connectivity index (χ2n) is 6.03. The van der Waals surface area contributed by atoms with Crippen LogP contribution in [0.5, 0.6) is 0 Å². The Bertz CT molecular complexity index is 428. The fourth-order valence-electron chi connectivity index (χ4n) is 2.65. The molecule has 112 valence electrons. The third-order valence-electron chi connectivity index (χ3n) is 3.91. The standard InChI is InChI=1S/C16H24ClFN2/c1-12(2)19-10-13-5-7-20(8-6-13)11-14-3-4-15(17)16(18)9-14/h3-4,9,12-13,19H,5-8,10-11H2,1-2H3. The molecular formula is C16H24ClFN2. The van der Waals surface area contributed by atoms with Crippen molar-refractivity contribution in [3.8, 4) is 0 Å². The van der Waals surface area contributed by atoms with E-state index in [-0.39, 0.29) is 10.8 Å². The van der Waals surface area contributed by atoms with Crippen molar-refractivity contribution in [3.63, 3.8) is 0 Å². The Labute approximate surface area is 126 Å². The molecule has 0 unspecified atom stereocenters. The van der Waals surface area contributed by atoms with Gasteiger partial charge in [0.25, 0.3) is 0 Å². The van der Waals surface area contributed by atoms with E-state index in [4.69, 9.17) is 11.6 Å². The lowest BCUT2D eigenvalue weighted by Crippen LogP contribution is -2.38. The van der Waals surface area contributed by atoms with Crippen molar-refractivity contribution in [2.24, 2.45) is 5.92 Å². The summed E-state index contributed by atoms with van der Waals surface area (Å²) in [7, 11) is 0. The Morgan fingerprint density at radius 2 is 2.05 bits per heavy atom. The van der Waals surface area contributed by atoms with Gasteiger partial charge < -0.3 is 5.32 Å². The van der Waals surface area contributed by atoms with E-state index < -0.39 is 0 Å². The molecule has 4 heteroatoms. The summed E-state index contributed by atoms with van der Waals surface area (Å²) in [5, 5.41) is 3.71. The lowest BCUT2D eigenvalue weighted by Gasteiger charge is -2.32. The number of rotatable bonds is 5. The predicted molar refractivity (Wildman–Crippen MR) is 82.5 cm³/mol. The van der Waals surface area contributed by atoms with Gasteiger partial charge in [-0.15, -0.1) is 0 Å². The summed E-state index contributed by atoms with van der Waals surface area (Å²) in [6.45, 7) is 8.48. The number of likely N-dealkylation sites (tertiary alicyclic amines) is 1. The molecule has 1 saturated heterocycles. The number of benzene rings is 1. The zero-order valence-corrected chi connectivity index (χ0v) is 13.1. The van der Waals surface area contributed by atoms with E-state index in [0.717, 1.165) is 37.7 Å². The van der Waals surface area contributed by atoms with Crippen molar-refractivity contribution in [2.75, 3.05) is 19.6 Å². The monoisotopic (exact) mass is 298 g/mol. The van der Waals surface area contributed by atoms with Gasteiger partial charge >= 0.3 is 0 Å². The Balaban J connectivity index is 1.77. The minimum atomic E-state index is -0.319. The molecule has 0 atom stereocenters. The van der Waals surface area contributed by atoms with Gasteiger partial charge in [0, 0.05) is 12.6 Å². The van der Waals surface area contributed by atoms with Crippen LogP contribution in [0.2, 0.25) is 5.02 Å². The van der Waals surface area contributed by atoms with E-state index >= 15 is 0 Å². The van der Waals surface area contributed by atoms with Gasteiger partial charge in [-0.3, -0.25) is 4.90 Å². The SMILES string of the molecule is CC(C)NCC1CCN(Cc2ccc(Cl)c(F)c2)CC1. The summed E-state index contributed by atoms with van der Waals surface area (Å²) in [6.07, 6.45) is 2.44. The number of hydrogen-bond donors (Lipinski definition) is 1. The van der Waals surface area contributed by atoms with Gasteiger partial charge in [-0.25, -0.2) is 4.39 Å². The van der Waals surface area contributed by atoms with Crippen molar-refractivity contribution in [3.05, 3.63) is 34.6 Å². The number of piperidine rings is 1. The molecule has 0 radical (unpaired) electrons. The Morgan fingerprint density at radius 3 is 2.65 bits per heavy atom. The second kappa shape index (κ2) is 7.39. The molecule has 0 aliphatic carbocycles. The van der Waals surface area contributed by atoms with Crippen LogP contribution in [-0.2, 0) is 6.54 Å². The third kappa shape index (κ3) is 4.72. The maximum atomic E-state index is 13.4. The normalized spacial score (nSPS) is 17.9. The van der Waals surface area contributed by atoms with E-state index in [2.05, 4.69) is 24.1 Å². The van der Waals surface area contributed by atoms with Crippen LogP contribution in [0, 0.1) is 11.7 Å². The molecule has 1 aliphatic heterocycles. The topological polar surface area (TPSA) is 15.3 Å². The first-order valence-corrected chi connectivity index (χ1v) is 7.82. The molecule has 2 rings (SSSR count). The lowest BCUT2D eigenvalue weighted by molar-refractivity contribution is 0.174. The molecule has 1 N–H and O–H groups in total. The Kier molecular flexibility index (Phi) is 5.82. The van der Waals surface area contributed by atoms with E-state index in [1.54, 1.807) is 12.1 Å². The highest BCUT2D eigenvalue weighted by molar-refractivity contribution is 6.30. The fraction of sp³-hybridized carbons (Fsp3) is 0.625. The van der Waals surface area contributed by atoms with Gasteiger partial charge in [0.2, 0.25) is 0 Å². The quantitative estimate of drug-likeness (QED) is 0.892. The van der Waals surface area contributed by atoms with Crippen LogP contribution in [0.1, 0.15) is 32.3 Å². The van der Waals surface area contributed by atoms with Crippen molar-refractivity contribution in [1.29, 1.82) is 0 Å². The zero-order valence-electron chi connectivity index (χ0n) is 12.3. The molecule has 1 fully saturated rings. The largest absolute Gasteiger partial charge is 0.314 e. The summed E-state index contributed by atoms with van der Waals surface area (Å²) in [4.78, 5) is 2.40. The summed E-state index contributed by atoms with van der Waals surface area (Å²) in [6, 6.07) is 5.67. The van der Waals surface area contributed by atoms with Gasteiger partial charge in [0.15, 0.2) is 0 Å². The summed E-state index contributed by atoms with van der Waals surface area (Å²) in [5.74, 6) is 0.454. The van der Waals surface area contributed by atoms with Crippen LogP contribution in [0.25, 0.3) is 0 Å². The molecule has 0 aromatic heterocycles. The van der Waals surface area contributed by atoms with Crippen molar-refractivity contribution >= 4 is 11.6 Å². The molecule has 1 heterocycles.